The SMILES string of the molecule is CCOc1cccc2c1nc(CCl)n2-c1ccccc1I. The molecule has 0 unspecified atom stereocenters. The minimum atomic E-state index is 0.352. The van der Waals surface area contributed by atoms with Crippen molar-refractivity contribution in [2.45, 2.75) is 12.8 Å². The average Bonchev–Trinajstić information content (AvgIpc) is 2.88. The summed E-state index contributed by atoms with van der Waals surface area (Å²) >= 11 is 8.44. The van der Waals surface area contributed by atoms with Crippen LogP contribution in [0, 0.1) is 3.57 Å². The fourth-order valence-corrected chi connectivity index (χ4v) is 3.19. The average molecular weight is 413 g/mol. The van der Waals surface area contributed by atoms with Gasteiger partial charge in [-0.3, -0.25) is 4.57 Å². The van der Waals surface area contributed by atoms with E-state index in [2.05, 4.69) is 44.3 Å². The summed E-state index contributed by atoms with van der Waals surface area (Å²) in [5.41, 5.74) is 2.96. The van der Waals surface area contributed by atoms with Crippen molar-refractivity contribution in [1.82, 2.24) is 9.55 Å². The van der Waals surface area contributed by atoms with Crippen LogP contribution in [-0.4, -0.2) is 16.2 Å². The summed E-state index contributed by atoms with van der Waals surface area (Å²) in [5.74, 6) is 1.97. The smallest absolute Gasteiger partial charge is 0.147 e. The molecular formula is C16H14ClIN2O. The number of ether oxygens (including phenoxy) is 1. The third-order valence-electron chi connectivity index (χ3n) is 3.23. The zero-order valence-electron chi connectivity index (χ0n) is 11.5. The molecule has 0 radical (unpaired) electrons. The first-order chi connectivity index (χ1) is 10.3. The summed E-state index contributed by atoms with van der Waals surface area (Å²) in [7, 11) is 0. The molecule has 3 rings (SSSR count). The Morgan fingerprint density at radius 1 is 1.19 bits per heavy atom. The van der Waals surface area contributed by atoms with Gasteiger partial charge in [-0.15, -0.1) is 11.6 Å². The first-order valence-electron chi connectivity index (χ1n) is 6.70. The van der Waals surface area contributed by atoms with Gasteiger partial charge in [-0.25, -0.2) is 4.98 Å². The van der Waals surface area contributed by atoms with Gasteiger partial charge in [-0.1, -0.05) is 18.2 Å². The molecule has 5 heteroatoms. The van der Waals surface area contributed by atoms with Gasteiger partial charge in [0.2, 0.25) is 0 Å². The highest BCUT2D eigenvalue weighted by Crippen LogP contribution is 2.30. The molecule has 0 aliphatic heterocycles. The number of hydrogen-bond acceptors (Lipinski definition) is 2. The molecule has 0 saturated heterocycles. The van der Waals surface area contributed by atoms with Crippen molar-refractivity contribution < 1.29 is 4.74 Å². The molecule has 2 aromatic carbocycles. The summed E-state index contributed by atoms with van der Waals surface area (Å²) in [4.78, 5) is 4.67. The molecule has 0 spiro atoms. The van der Waals surface area contributed by atoms with Gasteiger partial charge in [0.05, 0.1) is 23.7 Å². The lowest BCUT2D eigenvalue weighted by atomic mass is 10.2. The highest BCUT2D eigenvalue weighted by atomic mass is 127. The Kier molecular flexibility index (Phi) is 4.35. The Morgan fingerprint density at radius 3 is 2.71 bits per heavy atom. The number of halogens is 2. The minimum Gasteiger partial charge on any atom is -0.492 e. The maximum atomic E-state index is 6.11. The van der Waals surface area contributed by atoms with E-state index in [1.165, 1.54) is 0 Å². The topological polar surface area (TPSA) is 27.1 Å². The van der Waals surface area contributed by atoms with Crippen molar-refractivity contribution >= 4 is 45.2 Å². The first kappa shape index (κ1) is 14.7. The van der Waals surface area contributed by atoms with Gasteiger partial charge in [0.25, 0.3) is 0 Å². The minimum absolute atomic E-state index is 0.352. The second-order valence-electron chi connectivity index (χ2n) is 4.51. The Hall–Kier alpha value is -1.27. The fourth-order valence-electron chi connectivity index (χ4n) is 2.39. The zero-order valence-corrected chi connectivity index (χ0v) is 14.4. The molecule has 21 heavy (non-hydrogen) atoms. The number of alkyl halides is 1. The van der Waals surface area contributed by atoms with Gasteiger partial charge in [-0.2, -0.15) is 0 Å². The number of hydrogen-bond donors (Lipinski definition) is 0. The van der Waals surface area contributed by atoms with E-state index in [-0.39, 0.29) is 0 Å². The van der Waals surface area contributed by atoms with Crippen LogP contribution in [0.1, 0.15) is 12.7 Å². The van der Waals surface area contributed by atoms with Crippen LogP contribution in [0.3, 0.4) is 0 Å². The summed E-state index contributed by atoms with van der Waals surface area (Å²) in [6.45, 7) is 2.59. The van der Waals surface area contributed by atoms with Crippen molar-refractivity contribution in [2.75, 3.05) is 6.61 Å². The molecule has 0 fully saturated rings. The van der Waals surface area contributed by atoms with Gasteiger partial charge in [0.15, 0.2) is 0 Å². The summed E-state index contributed by atoms with van der Waals surface area (Å²) in [6, 6.07) is 14.2. The van der Waals surface area contributed by atoms with Crippen LogP contribution >= 0.6 is 34.2 Å². The lowest BCUT2D eigenvalue weighted by molar-refractivity contribution is 0.343. The number of imidazole rings is 1. The number of aromatic nitrogens is 2. The summed E-state index contributed by atoms with van der Waals surface area (Å²) in [5, 5.41) is 0. The van der Waals surface area contributed by atoms with E-state index in [4.69, 9.17) is 16.3 Å². The van der Waals surface area contributed by atoms with E-state index in [0.29, 0.717) is 12.5 Å². The van der Waals surface area contributed by atoms with E-state index < -0.39 is 0 Å². The quantitative estimate of drug-likeness (QED) is 0.456. The number of fused-ring (bicyclic) bond motifs is 1. The van der Waals surface area contributed by atoms with Crippen molar-refractivity contribution in [1.29, 1.82) is 0 Å². The second kappa shape index (κ2) is 6.23. The lowest BCUT2D eigenvalue weighted by Gasteiger charge is -2.10. The van der Waals surface area contributed by atoms with E-state index in [0.717, 1.165) is 31.9 Å². The normalized spacial score (nSPS) is 11.0. The maximum Gasteiger partial charge on any atom is 0.147 e. The van der Waals surface area contributed by atoms with Crippen LogP contribution in [0.4, 0.5) is 0 Å². The molecule has 0 bridgehead atoms. The third kappa shape index (κ3) is 2.62. The highest BCUT2D eigenvalue weighted by molar-refractivity contribution is 14.1. The molecule has 0 saturated carbocycles. The van der Waals surface area contributed by atoms with Gasteiger partial charge >= 0.3 is 0 Å². The molecule has 0 aliphatic rings. The van der Waals surface area contributed by atoms with Crippen molar-refractivity contribution in [3.63, 3.8) is 0 Å². The van der Waals surface area contributed by atoms with Crippen molar-refractivity contribution in [2.24, 2.45) is 0 Å². The first-order valence-corrected chi connectivity index (χ1v) is 8.31. The monoisotopic (exact) mass is 412 g/mol. The molecule has 1 heterocycles. The molecule has 3 nitrogen and oxygen atoms in total. The van der Waals surface area contributed by atoms with E-state index in [9.17, 15) is 0 Å². The summed E-state index contributed by atoms with van der Waals surface area (Å²) in [6.07, 6.45) is 0. The van der Waals surface area contributed by atoms with Crippen LogP contribution in [0.15, 0.2) is 42.5 Å². The van der Waals surface area contributed by atoms with Crippen LogP contribution < -0.4 is 4.74 Å². The van der Waals surface area contributed by atoms with Gasteiger partial charge in [0.1, 0.15) is 17.1 Å². The molecule has 0 amide bonds. The van der Waals surface area contributed by atoms with Crippen molar-refractivity contribution in [3.8, 4) is 11.4 Å². The highest BCUT2D eigenvalue weighted by Gasteiger charge is 2.16. The lowest BCUT2D eigenvalue weighted by Crippen LogP contribution is -2.01. The standard InChI is InChI=1S/C16H14ClIN2O/c1-2-21-14-9-5-8-13-16(14)19-15(10-17)20(13)12-7-4-3-6-11(12)18/h3-9H,2,10H2,1H3. The van der Waals surface area contributed by atoms with E-state index in [1.54, 1.807) is 0 Å². The van der Waals surface area contributed by atoms with E-state index in [1.807, 2.05) is 37.3 Å². The van der Waals surface area contributed by atoms with E-state index >= 15 is 0 Å². The predicted molar refractivity (Wildman–Crippen MR) is 94.5 cm³/mol. The molecule has 0 N–H and O–H groups in total. The Labute approximate surface area is 142 Å². The number of nitrogens with zero attached hydrogens (tertiary/aromatic N) is 2. The fraction of sp³-hybridized carbons (Fsp3) is 0.188. The van der Waals surface area contributed by atoms with Gasteiger partial charge < -0.3 is 4.74 Å². The van der Waals surface area contributed by atoms with Crippen molar-refractivity contribution in [3.05, 3.63) is 51.9 Å². The molecule has 0 aliphatic carbocycles. The van der Waals surface area contributed by atoms with Crippen LogP contribution in [0.25, 0.3) is 16.7 Å². The molecule has 1 aromatic heterocycles. The molecule has 0 atom stereocenters. The van der Waals surface area contributed by atoms with Gasteiger partial charge in [0, 0.05) is 3.57 Å². The zero-order chi connectivity index (χ0) is 14.8. The largest absolute Gasteiger partial charge is 0.492 e. The molecular weight excluding hydrogens is 399 g/mol. The number of rotatable bonds is 4. The molecule has 108 valence electrons. The third-order valence-corrected chi connectivity index (χ3v) is 4.38. The number of benzene rings is 2. The number of para-hydroxylation sites is 2. The van der Waals surface area contributed by atoms with Crippen LogP contribution in [0.2, 0.25) is 0 Å². The second-order valence-corrected chi connectivity index (χ2v) is 5.93. The predicted octanol–water partition coefficient (Wildman–Crippen LogP) is 4.77. The maximum absolute atomic E-state index is 6.11. The Bertz CT molecular complexity index is 785. The van der Waals surface area contributed by atoms with Crippen LogP contribution in [-0.2, 0) is 5.88 Å². The van der Waals surface area contributed by atoms with Gasteiger partial charge in [-0.05, 0) is 53.8 Å². The Balaban J connectivity index is 2.32. The molecule has 3 aromatic rings. The summed E-state index contributed by atoms with van der Waals surface area (Å²) < 4.78 is 8.94. The Morgan fingerprint density at radius 2 is 2.00 bits per heavy atom. The van der Waals surface area contributed by atoms with Crippen LogP contribution in [0.5, 0.6) is 5.75 Å².